The summed E-state index contributed by atoms with van der Waals surface area (Å²) >= 11 is 0. The molecule has 0 aliphatic carbocycles. The molecule has 160 valence electrons. The minimum atomic E-state index is -0.998. The lowest BCUT2D eigenvalue weighted by Crippen LogP contribution is -2.55. The molecule has 0 amide bonds. The first-order valence-corrected chi connectivity index (χ1v) is 10.3. The molecule has 1 fully saturated rings. The summed E-state index contributed by atoms with van der Waals surface area (Å²) in [5.41, 5.74) is 3.81. The Morgan fingerprint density at radius 2 is 1.70 bits per heavy atom. The molecule has 2 aromatic carbocycles. The van der Waals surface area contributed by atoms with Crippen LogP contribution in [0.2, 0.25) is 0 Å². The smallest absolute Gasteiger partial charge is 0.328 e. The normalized spacial score (nSPS) is 17.5. The van der Waals surface area contributed by atoms with Gasteiger partial charge < -0.3 is 19.8 Å². The molecule has 6 nitrogen and oxygen atoms in total. The third kappa shape index (κ3) is 5.20. The van der Waals surface area contributed by atoms with Crippen LogP contribution >= 0.6 is 0 Å². The van der Waals surface area contributed by atoms with Crippen molar-refractivity contribution in [2.45, 2.75) is 33.1 Å². The van der Waals surface area contributed by atoms with Crippen LogP contribution in [-0.2, 0) is 4.79 Å². The van der Waals surface area contributed by atoms with E-state index in [4.69, 9.17) is 9.84 Å². The van der Waals surface area contributed by atoms with Gasteiger partial charge in [-0.25, -0.2) is 4.79 Å². The maximum Gasteiger partial charge on any atom is 0.328 e. The first kappa shape index (κ1) is 21.9. The van der Waals surface area contributed by atoms with Crippen molar-refractivity contribution in [3.05, 3.63) is 65.7 Å². The number of ether oxygens (including phenoxy) is 1. The van der Waals surface area contributed by atoms with Gasteiger partial charge in [0.2, 0.25) is 0 Å². The molecule has 1 aliphatic heterocycles. The number of aliphatic hydroxyl groups excluding tert-OH is 1. The van der Waals surface area contributed by atoms with Crippen molar-refractivity contribution in [1.82, 2.24) is 4.90 Å². The van der Waals surface area contributed by atoms with E-state index in [2.05, 4.69) is 34.9 Å². The summed E-state index contributed by atoms with van der Waals surface area (Å²) < 4.78 is 6.24. The van der Waals surface area contributed by atoms with Gasteiger partial charge in [-0.2, -0.15) is 0 Å². The number of carboxylic acids is 1. The molecular weight excluding hydrogens is 380 g/mol. The van der Waals surface area contributed by atoms with Crippen LogP contribution < -0.4 is 9.64 Å². The number of allylic oxidation sites excluding steroid dienone is 1. The Kier molecular flexibility index (Phi) is 7.13. The second-order valence-corrected chi connectivity index (χ2v) is 7.72. The topological polar surface area (TPSA) is 73.2 Å². The van der Waals surface area contributed by atoms with E-state index < -0.39 is 18.3 Å². The molecule has 0 saturated carbocycles. The molecule has 0 radical (unpaired) electrons. The number of piperazine rings is 1. The van der Waals surface area contributed by atoms with Crippen LogP contribution in [0.25, 0.3) is 5.57 Å². The summed E-state index contributed by atoms with van der Waals surface area (Å²) in [6.45, 7) is 8.79. The minimum absolute atomic E-state index is 0.511. The first-order chi connectivity index (χ1) is 14.4. The van der Waals surface area contributed by atoms with E-state index in [-0.39, 0.29) is 0 Å². The molecule has 2 atom stereocenters. The Labute approximate surface area is 178 Å². The van der Waals surface area contributed by atoms with E-state index in [0.717, 1.165) is 26.2 Å². The van der Waals surface area contributed by atoms with Crippen LogP contribution in [0, 0.1) is 6.92 Å². The monoisotopic (exact) mass is 410 g/mol. The molecule has 30 heavy (non-hydrogen) atoms. The number of aliphatic hydroxyl groups is 1. The summed E-state index contributed by atoms with van der Waals surface area (Å²) in [5.74, 6) is -0.429. The molecular formula is C24H30N2O4. The van der Waals surface area contributed by atoms with Gasteiger partial charge in [-0.3, -0.25) is 4.90 Å². The average Bonchev–Trinajstić information content (AvgIpc) is 2.72. The molecule has 1 heterocycles. The fraction of sp³-hybridized carbons (Fsp3) is 0.375. The van der Waals surface area contributed by atoms with Gasteiger partial charge in [-0.05, 0) is 44.0 Å². The lowest BCUT2D eigenvalue weighted by atomic mass is 10.1. The molecule has 2 unspecified atom stereocenters. The lowest BCUT2D eigenvalue weighted by Gasteiger charge is -2.41. The fourth-order valence-corrected chi connectivity index (χ4v) is 3.90. The number of carbonyl (C=O) groups is 1. The summed E-state index contributed by atoms with van der Waals surface area (Å²) in [6, 6.07) is 15.7. The Morgan fingerprint density at radius 3 is 2.33 bits per heavy atom. The number of benzene rings is 2. The number of rotatable bonds is 7. The maximum absolute atomic E-state index is 11.1. The molecule has 0 bridgehead atoms. The molecule has 1 aliphatic rings. The van der Waals surface area contributed by atoms with Crippen molar-refractivity contribution in [2.24, 2.45) is 0 Å². The Bertz CT molecular complexity index is 902. The summed E-state index contributed by atoms with van der Waals surface area (Å²) in [7, 11) is 0. The van der Waals surface area contributed by atoms with Crippen molar-refractivity contribution < 1.29 is 19.7 Å². The number of nitrogens with zero attached hydrogens (tertiary/aromatic N) is 2. The quantitative estimate of drug-likeness (QED) is 0.682. The summed E-state index contributed by atoms with van der Waals surface area (Å²) in [4.78, 5) is 15.6. The van der Waals surface area contributed by atoms with E-state index in [1.807, 2.05) is 30.3 Å². The van der Waals surface area contributed by atoms with Crippen LogP contribution in [0.3, 0.4) is 0 Å². The Balaban J connectivity index is 1.74. The minimum Gasteiger partial charge on any atom is -0.478 e. The zero-order valence-electron chi connectivity index (χ0n) is 17.8. The molecule has 3 rings (SSSR count). The summed E-state index contributed by atoms with van der Waals surface area (Å²) in [5, 5.41) is 19.5. The third-order valence-corrected chi connectivity index (χ3v) is 5.44. The SMILES string of the molecule is CC(=CC(=O)O)c1ccccc1OC(C(C)O)N1CCN(c2ccccc2C)CC1. The number of para-hydroxylation sites is 2. The predicted octanol–water partition coefficient (Wildman–Crippen LogP) is 3.39. The van der Waals surface area contributed by atoms with Crippen LogP contribution in [0.5, 0.6) is 5.75 Å². The Morgan fingerprint density at radius 1 is 1.07 bits per heavy atom. The number of aliphatic carboxylic acids is 1. The van der Waals surface area contributed by atoms with Gasteiger partial charge in [-0.1, -0.05) is 36.4 Å². The van der Waals surface area contributed by atoms with Crippen molar-refractivity contribution >= 4 is 17.2 Å². The van der Waals surface area contributed by atoms with Gasteiger partial charge in [0.25, 0.3) is 0 Å². The third-order valence-electron chi connectivity index (χ3n) is 5.44. The van der Waals surface area contributed by atoms with Gasteiger partial charge in [0.15, 0.2) is 6.23 Å². The van der Waals surface area contributed by atoms with Crippen LogP contribution in [0.15, 0.2) is 54.6 Å². The van der Waals surface area contributed by atoms with Crippen molar-refractivity contribution in [3.8, 4) is 5.75 Å². The first-order valence-electron chi connectivity index (χ1n) is 10.3. The highest BCUT2D eigenvalue weighted by atomic mass is 16.5. The van der Waals surface area contributed by atoms with E-state index in [1.54, 1.807) is 13.8 Å². The van der Waals surface area contributed by atoms with E-state index in [0.29, 0.717) is 16.9 Å². The van der Waals surface area contributed by atoms with E-state index in [9.17, 15) is 9.90 Å². The predicted molar refractivity (Wildman–Crippen MR) is 119 cm³/mol. The standard InChI is InChI=1S/C24H30N2O4/c1-17-8-4-6-10-21(17)25-12-14-26(15-13-25)24(19(3)27)30-22-11-7-5-9-20(22)18(2)16-23(28)29/h4-11,16,19,24,27H,12-15H2,1-3H3,(H,28,29). The highest BCUT2D eigenvalue weighted by molar-refractivity contribution is 5.90. The van der Waals surface area contributed by atoms with Crippen LogP contribution in [0.1, 0.15) is 25.0 Å². The zero-order chi connectivity index (χ0) is 21.7. The molecule has 0 aromatic heterocycles. The van der Waals surface area contributed by atoms with Gasteiger partial charge in [0, 0.05) is 43.5 Å². The highest BCUT2D eigenvalue weighted by Gasteiger charge is 2.29. The highest BCUT2D eigenvalue weighted by Crippen LogP contribution is 2.28. The van der Waals surface area contributed by atoms with Crippen LogP contribution in [0.4, 0.5) is 5.69 Å². The number of carboxylic acid groups (broad SMARTS) is 1. The zero-order valence-corrected chi connectivity index (χ0v) is 17.8. The lowest BCUT2D eigenvalue weighted by molar-refractivity contribution is -0.131. The van der Waals surface area contributed by atoms with Gasteiger partial charge in [0.1, 0.15) is 11.9 Å². The molecule has 1 saturated heterocycles. The van der Waals surface area contributed by atoms with Gasteiger partial charge >= 0.3 is 5.97 Å². The van der Waals surface area contributed by atoms with Gasteiger partial charge in [0.05, 0.1) is 0 Å². The number of aryl methyl sites for hydroxylation is 1. The average molecular weight is 411 g/mol. The molecule has 2 aromatic rings. The molecule has 0 spiro atoms. The largest absolute Gasteiger partial charge is 0.478 e. The molecule has 6 heteroatoms. The second kappa shape index (κ2) is 9.78. The van der Waals surface area contributed by atoms with Gasteiger partial charge in [-0.15, -0.1) is 0 Å². The maximum atomic E-state index is 11.1. The van der Waals surface area contributed by atoms with E-state index in [1.165, 1.54) is 17.3 Å². The van der Waals surface area contributed by atoms with Crippen molar-refractivity contribution in [1.29, 1.82) is 0 Å². The second-order valence-electron chi connectivity index (χ2n) is 7.72. The van der Waals surface area contributed by atoms with E-state index >= 15 is 0 Å². The number of hydrogen-bond acceptors (Lipinski definition) is 5. The number of hydrogen-bond donors (Lipinski definition) is 2. The van der Waals surface area contributed by atoms with Crippen molar-refractivity contribution in [2.75, 3.05) is 31.1 Å². The van der Waals surface area contributed by atoms with Crippen molar-refractivity contribution in [3.63, 3.8) is 0 Å². The summed E-state index contributed by atoms with van der Waals surface area (Å²) in [6.07, 6.45) is -0.0461. The molecule has 2 N–H and O–H groups in total. The van der Waals surface area contributed by atoms with Crippen LogP contribution in [-0.4, -0.2) is 59.6 Å². The number of anilines is 1. The Hall–Kier alpha value is -2.83. The fourth-order valence-electron chi connectivity index (χ4n) is 3.90.